The maximum Gasteiger partial charge on any atom is 0.308 e. The Balaban J connectivity index is 2.08. The van der Waals surface area contributed by atoms with Crippen molar-refractivity contribution in [2.24, 2.45) is 5.92 Å². The lowest BCUT2D eigenvalue weighted by Gasteiger charge is -2.18. The second-order valence-electron chi connectivity index (χ2n) is 5.90. The molecule has 21 heavy (non-hydrogen) atoms. The van der Waals surface area contributed by atoms with Gasteiger partial charge >= 0.3 is 5.97 Å². The van der Waals surface area contributed by atoms with E-state index in [0.29, 0.717) is 0 Å². The van der Waals surface area contributed by atoms with E-state index in [1.807, 2.05) is 6.07 Å². The van der Waals surface area contributed by atoms with Crippen LogP contribution in [0.4, 0.5) is 0 Å². The van der Waals surface area contributed by atoms with E-state index in [4.69, 9.17) is 5.11 Å². The highest BCUT2D eigenvalue weighted by atomic mass is 32.1. The zero-order valence-corrected chi connectivity index (χ0v) is 13.5. The van der Waals surface area contributed by atoms with Crippen LogP contribution in [0.15, 0.2) is 6.07 Å². The molecule has 1 amide bonds. The van der Waals surface area contributed by atoms with Crippen molar-refractivity contribution >= 4 is 23.2 Å². The lowest BCUT2D eigenvalue weighted by atomic mass is 10.00. The number of hydrogen-bond acceptors (Lipinski definition) is 3. The molecule has 0 spiro atoms. The van der Waals surface area contributed by atoms with Gasteiger partial charge in [-0.15, -0.1) is 11.3 Å². The second kappa shape index (κ2) is 7.07. The van der Waals surface area contributed by atoms with E-state index < -0.39 is 11.9 Å². The first-order chi connectivity index (χ1) is 9.99. The van der Waals surface area contributed by atoms with Gasteiger partial charge in [0, 0.05) is 18.5 Å². The summed E-state index contributed by atoms with van der Waals surface area (Å²) in [6.07, 6.45) is 7.08. The Labute approximate surface area is 129 Å². The molecule has 116 valence electrons. The van der Waals surface area contributed by atoms with Crippen LogP contribution in [0.1, 0.15) is 52.7 Å². The van der Waals surface area contributed by atoms with Crippen LogP contribution in [-0.2, 0) is 17.6 Å². The standard InChI is InChI=1S/C16H23NO3S/c1-11(16(19)20)10-17(2)15(18)14-9-12-7-5-3-4-6-8-13(12)21-14/h9,11H,3-8,10H2,1-2H3,(H,19,20). The minimum absolute atomic E-state index is 0.0557. The van der Waals surface area contributed by atoms with Crippen LogP contribution in [-0.4, -0.2) is 35.5 Å². The molecule has 1 aromatic heterocycles. The summed E-state index contributed by atoms with van der Waals surface area (Å²) < 4.78 is 0. The van der Waals surface area contributed by atoms with Crippen LogP contribution in [0.25, 0.3) is 0 Å². The molecular weight excluding hydrogens is 286 g/mol. The summed E-state index contributed by atoms with van der Waals surface area (Å²) in [6, 6.07) is 2.02. The predicted octanol–water partition coefficient (Wildman–Crippen LogP) is 3.20. The van der Waals surface area contributed by atoms with E-state index >= 15 is 0 Å². The Kier molecular flexibility index (Phi) is 5.39. The van der Waals surface area contributed by atoms with Crippen molar-refractivity contribution in [3.63, 3.8) is 0 Å². The molecule has 5 heteroatoms. The average molecular weight is 309 g/mol. The molecule has 1 unspecified atom stereocenters. The summed E-state index contributed by atoms with van der Waals surface area (Å²) in [5.74, 6) is -1.46. The number of aryl methyl sites for hydroxylation is 2. The number of thiophene rings is 1. The van der Waals surface area contributed by atoms with Crippen molar-refractivity contribution in [1.29, 1.82) is 0 Å². The third-order valence-corrected chi connectivity index (χ3v) is 5.25. The number of carbonyl (C=O) groups excluding carboxylic acids is 1. The molecule has 0 saturated heterocycles. The molecular formula is C16H23NO3S. The van der Waals surface area contributed by atoms with Crippen LogP contribution >= 0.6 is 11.3 Å². The van der Waals surface area contributed by atoms with Crippen LogP contribution in [0.2, 0.25) is 0 Å². The number of aliphatic carboxylic acids is 1. The maximum absolute atomic E-state index is 12.4. The molecule has 0 aliphatic heterocycles. The highest BCUT2D eigenvalue weighted by Gasteiger charge is 2.21. The molecule has 0 radical (unpaired) electrons. The van der Waals surface area contributed by atoms with Crippen molar-refractivity contribution in [2.75, 3.05) is 13.6 Å². The van der Waals surface area contributed by atoms with Gasteiger partial charge in [-0.2, -0.15) is 0 Å². The van der Waals surface area contributed by atoms with Gasteiger partial charge in [0.05, 0.1) is 10.8 Å². The zero-order chi connectivity index (χ0) is 15.4. The normalized spacial score (nSPS) is 16.5. The Hall–Kier alpha value is -1.36. The smallest absolute Gasteiger partial charge is 0.308 e. The molecule has 0 bridgehead atoms. The van der Waals surface area contributed by atoms with Crippen LogP contribution in [0, 0.1) is 5.92 Å². The number of amides is 1. The third kappa shape index (κ3) is 4.06. The molecule has 1 heterocycles. The first kappa shape index (κ1) is 16.0. The monoisotopic (exact) mass is 309 g/mol. The summed E-state index contributed by atoms with van der Waals surface area (Å²) in [5.41, 5.74) is 1.32. The number of fused-ring (bicyclic) bond motifs is 1. The highest BCUT2D eigenvalue weighted by Crippen LogP contribution is 2.29. The number of hydrogen-bond donors (Lipinski definition) is 1. The van der Waals surface area contributed by atoms with Gasteiger partial charge in [0.2, 0.25) is 0 Å². The fraction of sp³-hybridized carbons (Fsp3) is 0.625. The largest absolute Gasteiger partial charge is 0.481 e. The van der Waals surface area contributed by atoms with Gasteiger partial charge in [0.25, 0.3) is 5.91 Å². The number of carboxylic acids is 1. The summed E-state index contributed by atoms with van der Waals surface area (Å²) in [5, 5.41) is 8.94. The van der Waals surface area contributed by atoms with E-state index in [1.54, 1.807) is 25.3 Å². The molecule has 2 rings (SSSR count). The van der Waals surface area contributed by atoms with Gasteiger partial charge in [-0.05, 0) is 37.3 Å². The quantitative estimate of drug-likeness (QED) is 0.929. The van der Waals surface area contributed by atoms with Crippen molar-refractivity contribution in [3.8, 4) is 0 Å². The van der Waals surface area contributed by atoms with E-state index in [-0.39, 0.29) is 12.5 Å². The van der Waals surface area contributed by atoms with E-state index in [1.165, 1.54) is 41.0 Å². The first-order valence-electron chi connectivity index (χ1n) is 7.59. The van der Waals surface area contributed by atoms with E-state index in [2.05, 4.69) is 0 Å². The van der Waals surface area contributed by atoms with Crippen LogP contribution in [0.3, 0.4) is 0 Å². The fourth-order valence-corrected chi connectivity index (χ4v) is 3.96. The Morgan fingerprint density at radius 3 is 2.62 bits per heavy atom. The summed E-state index contributed by atoms with van der Waals surface area (Å²) in [4.78, 5) is 27.0. The van der Waals surface area contributed by atoms with Crippen LogP contribution in [0.5, 0.6) is 0 Å². The minimum atomic E-state index is -0.868. The zero-order valence-electron chi connectivity index (χ0n) is 12.7. The molecule has 1 aromatic rings. The predicted molar refractivity (Wildman–Crippen MR) is 84.0 cm³/mol. The van der Waals surface area contributed by atoms with Gasteiger partial charge < -0.3 is 10.0 Å². The lowest BCUT2D eigenvalue weighted by molar-refractivity contribution is -0.141. The molecule has 1 N–H and O–H groups in total. The van der Waals surface area contributed by atoms with E-state index in [9.17, 15) is 9.59 Å². The Morgan fingerprint density at radius 2 is 1.95 bits per heavy atom. The fourth-order valence-electron chi connectivity index (χ4n) is 2.71. The van der Waals surface area contributed by atoms with Gasteiger partial charge in [0.1, 0.15) is 0 Å². The molecule has 1 aliphatic carbocycles. The summed E-state index contributed by atoms with van der Waals surface area (Å²) in [6.45, 7) is 1.87. The molecule has 0 saturated carbocycles. The third-order valence-electron chi connectivity index (χ3n) is 4.02. The topological polar surface area (TPSA) is 57.6 Å². The second-order valence-corrected chi connectivity index (χ2v) is 7.03. The van der Waals surface area contributed by atoms with Crippen molar-refractivity contribution in [3.05, 3.63) is 21.4 Å². The molecule has 4 nitrogen and oxygen atoms in total. The first-order valence-corrected chi connectivity index (χ1v) is 8.40. The molecule has 0 fully saturated rings. The number of rotatable bonds is 4. The Bertz CT molecular complexity index is 498. The van der Waals surface area contributed by atoms with Gasteiger partial charge in [-0.25, -0.2) is 0 Å². The maximum atomic E-state index is 12.4. The van der Waals surface area contributed by atoms with E-state index in [0.717, 1.165) is 17.7 Å². The van der Waals surface area contributed by atoms with Gasteiger partial charge in [-0.3, -0.25) is 9.59 Å². The van der Waals surface area contributed by atoms with Crippen LogP contribution < -0.4 is 0 Å². The number of nitrogens with zero attached hydrogens (tertiary/aromatic N) is 1. The minimum Gasteiger partial charge on any atom is -0.481 e. The van der Waals surface area contributed by atoms with Crippen molar-refractivity contribution in [1.82, 2.24) is 4.90 Å². The Morgan fingerprint density at radius 1 is 1.29 bits per heavy atom. The summed E-state index contributed by atoms with van der Waals surface area (Å²) in [7, 11) is 1.68. The highest BCUT2D eigenvalue weighted by molar-refractivity contribution is 7.14. The molecule has 1 atom stereocenters. The van der Waals surface area contributed by atoms with Gasteiger partial charge in [0.15, 0.2) is 0 Å². The van der Waals surface area contributed by atoms with Gasteiger partial charge in [-0.1, -0.05) is 19.8 Å². The number of carbonyl (C=O) groups is 2. The molecule has 0 aromatic carbocycles. The molecule has 1 aliphatic rings. The lowest BCUT2D eigenvalue weighted by Crippen LogP contribution is -2.33. The average Bonchev–Trinajstić information content (AvgIpc) is 2.80. The summed E-state index contributed by atoms with van der Waals surface area (Å²) >= 11 is 1.59. The number of carboxylic acid groups (broad SMARTS) is 1. The van der Waals surface area contributed by atoms with Crippen molar-refractivity contribution in [2.45, 2.75) is 45.4 Å². The van der Waals surface area contributed by atoms with Crippen molar-refractivity contribution < 1.29 is 14.7 Å². The SMILES string of the molecule is CC(CN(C)C(=O)c1cc2c(s1)CCCCCC2)C(=O)O.